The number of carboxylic acid groups (broad SMARTS) is 1. The molecule has 2 heterocycles. The lowest BCUT2D eigenvalue weighted by Crippen LogP contribution is -2.40. The fraction of sp³-hybridized carbons (Fsp3) is 0.588. The van der Waals surface area contributed by atoms with Crippen LogP contribution in [-0.2, 0) is 20.9 Å². The summed E-state index contributed by atoms with van der Waals surface area (Å²) < 4.78 is 5.25. The lowest BCUT2D eigenvalue weighted by Gasteiger charge is -2.26. The standard InChI is InChI=1S/C17H24N2O5/c1-12(2)9-18(6-5-16(21)22)17(23)13-8-15(20)19(10-13)11-14-4-3-7-24-14/h3-4,7,12-13H,5-6,8-11H2,1-2H3,(H,21,22). The van der Waals surface area contributed by atoms with E-state index in [1.165, 1.54) is 0 Å². The molecule has 1 fully saturated rings. The SMILES string of the molecule is CC(C)CN(CCC(=O)O)C(=O)C1CC(=O)N(Cc2ccco2)C1. The van der Waals surface area contributed by atoms with Gasteiger partial charge < -0.3 is 19.3 Å². The maximum Gasteiger partial charge on any atom is 0.305 e. The van der Waals surface area contributed by atoms with Crippen LogP contribution in [0.3, 0.4) is 0 Å². The van der Waals surface area contributed by atoms with Gasteiger partial charge in [-0.1, -0.05) is 13.8 Å². The van der Waals surface area contributed by atoms with E-state index in [0.29, 0.717) is 25.4 Å². The van der Waals surface area contributed by atoms with Crippen molar-refractivity contribution in [1.29, 1.82) is 0 Å². The molecule has 0 aromatic carbocycles. The lowest BCUT2D eigenvalue weighted by molar-refractivity contribution is -0.140. The van der Waals surface area contributed by atoms with Crippen LogP contribution >= 0.6 is 0 Å². The number of nitrogens with zero attached hydrogens (tertiary/aromatic N) is 2. The second kappa shape index (κ2) is 7.99. The average molecular weight is 336 g/mol. The first-order chi connectivity index (χ1) is 11.4. The Labute approximate surface area is 141 Å². The molecule has 1 unspecified atom stereocenters. The van der Waals surface area contributed by atoms with Crippen molar-refractivity contribution in [1.82, 2.24) is 9.80 Å². The highest BCUT2D eigenvalue weighted by Gasteiger charge is 2.36. The number of carbonyl (C=O) groups excluding carboxylic acids is 2. The summed E-state index contributed by atoms with van der Waals surface area (Å²) in [6.45, 7) is 5.33. The van der Waals surface area contributed by atoms with Crippen LogP contribution in [0.2, 0.25) is 0 Å². The Morgan fingerprint density at radius 2 is 2.21 bits per heavy atom. The number of aliphatic carboxylic acids is 1. The zero-order chi connectivity index (χ0) is 17.7. The van der Waals surface area contributed by atoms with E-state index in [9.17, 15) is 14.4 Å². The van der Waals surface area contributed by atoms with Gasteiger partial charge >= 0.3 is 5.97 Å². The summed E-state index contributed by atoms with van der Waals surface area (Å²) in [7, 11) is 0. The number of carbonyl (C=O) groups is 3. The molecule has 2 rings (SSSR count). The highest BCUT2D eigenvalue weighted by atomic mass is 16.4. The minimum absolute atomic E-state index is 0.0764. The van der Waals surface area contributed by atoms with Gasteiger partial charge in [0.1, 0.15) is 5.76 Å². The molecule has 0 spiro atoms. The van der Waals surface area contributed by atoms with Crippen LogP contribution in [0.4, 0.5) is 0 Å². The molecule has 1 saturated heterocycles. The summed E-state index contributed by atoms with van der Waals surface area (Å²) in [6.07, 6.45) is 1.63. The Hall–Kier alpha value is -2.31. The van der Waals surface area contributed by atoms with E-state index in [-0.39, 0.29) is 37.1 Å². The summed E-state index contributed by atoms with van der Waals surface area (Å²) in [5.74, 6) is -0.647. The van der Waals surface area contributed by atoms with Crippen molar-refractivity contribution in [3.05, 3.63) is 24.2 Å². The smallest absolute Gasteiger partial charge is 0.305 e. The topological polar surface area (TPSA) is 91.1 Å². The van der Waals surface area contributed by atoms with Gasteiger partial charge in [-0.15, -0.1) is 0 Å². The molecule has 0 saturated carbocycles. The predicted octanol–water partition coefficient (Wildman–Crippen LogP) is 1.59. The number of rotatable bonds is 8. The fourth-order valence-corrected chi connectivity index (χ4v) is 2.90. The van der Waals surface area contributed by atoms with E-state index >= 15 is 0 Å². The summed E-state index contributed by atoms with van der Waals surface area (Å²) in [5, 5.41) is 8.86. The summed E-state index contributed by atoms with van der Waals surface area (Å²) >= 11 is 0. The number of hydrogen-bond donors (Lipinski definition) is 1. The fourth-order valence-electron chi connectivity index (χ4n) is 2.90. The third kappa shape index (κ3) is 4.84. The zero-order valence-corrected chi connectivity index (χ0v) is 14.1. The van der Waals surface area contributed by atoms with Gasteiger partial charge in [0.15, 0.2) is 0 Å². The first-order valence-corrected chi connectivity index (χ1v) is 8.17. The van der Waals surface area contributed by atoms with Crippen LogP contribution in [0, 0.1) is 11.8 Å². The zero-order valence-electron chi connectivity index (χ0n) is 14.1. The van der Waals surface area contributed by atoms with Crippen LogP contribution in [0.5, 0.6) is 0 Å². The van der Waals surface area contributed by atoms with Crippen molar-refractivity contribution in [2.75, 3.05) is 19.6 Å². The van der Waals surface area contributed by atoms with Gasteiger partial charge in [-0.05, 0) is 18.1 Å². The highest BCUT2D eigenvalue weighted by molar-refractivity contribution is 5.89. The number of furan rings is 1. The molecule has 1 aliphatic heterocycles. The first-order valence-electron chi connectivity index (χ1n) is 8.17. The maximum atomic E-state index is 12.7. The Bertz CT molecular complexity index is 582. The molecular weight excluding hydrogens is 312 g/mol. The van der Waals surface area contributed by atoms with Gasteiger partial charge in [0.05, 0.1) is 25.1 Å². The Balaban J connectivity index is 1.98. The van der Waals surface area contributed by atoms with Gasteiger partial charge in [-0.25, -0.2) is 0 Å². The minimum Gasteiger partial charge on any atom is -0.481 e. The van der Waals surface area contributed by atoms with E-state index in [4.69, 9.17) is 9.52 Å². The third-order valence-corrected chi connectivity index (χ3v) is 3.98. The molecule has 2 amide bonds. The molecule has 1 atom stereocenters. The Kier molecular flexibility index (Phi) is 6.00. The van der Waals surface area contributed by atoms with E-state index in [0.717, 1.165) is 0 Å². The van der Waals surface area contributed by atoms with Gasteiger partial charge in [0.2, 0.25) is 11.8 Å². The van der Waals surface area contributed by atoms with Gasteiger partial charge in [-0.2, -0.15) is 0 Å². The van der Waals surface area contributed by atoms with E-state index in [1.807, 2.05) is 13.8 Å². The predicted molar refractivity (Wildman–Crippen MR) is 85.9 cm³/mol. The molecule has 1 N–H and O–H groups in total. The van der Waals surface area contributed by atoms with Crippen LogP contribution < -0.4 is 0 Å². The molecule has 0 radical (unpaired) electrons. The molecule has 132 valence electrons. The minimum atomic E-state index is -0.932. The quantitative estimate of drug-likeness (QED) is 0.778. The normalized spacial score (nSPS) is 17.5. The van der Waals surface area contributed by atoms with Crippen molar-refractivity contribution in [2.45, 2.75) is 33.2 Å². The van der Waals surface area contributed by atoms with Crippen LogP contribution in [-0.4, -0.2) is 52.3 Å². The molecule has 1 aliphatic rings. The largest absolute Gasteiger partial charge is 0.481 e. The molecule has 1 aromatic rings. The van der Waals surface area contributed by atoms with Crippen molar-refractivity contribution < 1.29 is 23.9 Å². The van der Waals surface area contributed by atoms with Crippen LogP contribution in [0.1, 0.15) is 32.4 Å². The molecule has 7 nitrogen and oxygen atoms in total. The highest BCUT2D eigenvalue weighted by Crippen LogP contribution is 2.23. The second-order valence-electron chi connectivity index (χ2n) is 6.58. The third-order valence-electron chi connectivity index (χ3n) is 3.98. The molecule has 7 heteroatoms. The van der Waals surface area contributed by atoms with Gasteiger partial charge in [-0.3, -0.25) is 14.4 Å². The molecule has 1 aromatic heterocycles. The number of carboxylic acids is 1. The second-order valence-corrected chi connectivity index (χ2v) is 6.58. The molecule has 0 aliphatic carbocycles. The monoisotopic (exact) mass is 336 g/mol. The van der Waals surface area contributed by atoms with Crippen molar-refractivity contribution in [3.8, 4) is 0 Å². The van der Waals surface area contributed by atoms with Gasteiger partial charge in [0, 0.05) is 26.1 Å². The van der Waals surface area contributed by atoms with E-state index in [2.05, 4.69) is 0 Å². The van der Waals surface area contributed by atoms with Crippen molar-refractivity contribution in [3.63, 3.8) is 0 Å². The van der Waals surface area contributed by atoms with Crippen LogP contribution in [0.25, 0.3) is 0 Å². The number of likely N-dealkylation sites (tertiary alicyclic amines) is 1. The first kappa shape index (κ1) is 18.0. The molecule has 24 heavy (non-hydrogen) atoms. The number of amides is 2. The van der Waals surface area contributed by atoms with Crippen molar-refractivity contribution in [2.24, 2.45) is 11.8 Å². The van der Waals surface area contributed by atoms with Crippen molar-refractivity contribution >= 4 is 17.8 Å². The van der Waals surface area contributed by atoms with E-state index < -0.39 is 11.9 Å². The maximum absolute atomic E-state index is 12.7. The molecule has 0 bridgehead atoms. The average Bonchev–Trinajstić information content (AvgIpc) is 3.13. The summed E-state index contributed by atoms with van der Waals surface area (Å²) in [5.41, 5.74) is 0. The van der Waals surface area contributed by atoms with Crippen LogP contribution in [0.15, 0.2) is 22.8 Å². The lowest BCUT2D eigenvalue weighted by atomic mass is 10.1. The number of hydrogen-bond acceptors (Lipinski definition) is 4. The van der Waals surface area contributed by atoms with Gasteiger partial charge in [0.25, 0.3) is 0 Å². The summed E-state index contributed by atoms with van der Waals surface area (Å²) in [6, 6.07) is 3.55. The molecular formula is C17H24N2O5. The van der Waals surface area contributed by atoms with E-state index in [1.54, 1.807) is 28.2 Å². The Morgan fingerprint density at radius 1 is 1.46 bits per heavy atom. The Morgan fingerprint density at radius 3 is 2.79 bits per heavy atom. The summed E-state index contributed by atoms with van der Waals surface area (Å²) in [4.78, 5) is 38.9.